The molecule has 2 unspecified atom stereocenters. The van der Waals surface area contributed by atoms with E-state index in [9.17, 15) is 14.4 Å². The zero-order valence-electron chi connectivity index (χ0n) is 12.9. The van der Waals surface area contributed by atoms with E-state index in [1.807, 2.05) is 0 Å². The molecule has 3 amide bonds. The van der Waals surface area contributed by atoms with Crippen molar-refractivity contribution in [3.63, 3.8) is 0 Å². The number of nitrogens with one attached hydrogen (secondary N) is 1. The molecule has 0 spiro atoms. The molecule has 2 atom stereocenters. The maximum absolute atomic E-state index is 12.5. The van der Waals surface area contributed by atoms with Crippen LogP contribution in [0.5, 0.6) is 0 Å². The van der Waals surface area contributed by atoms with Crippen molar-refractivity contribution in [3.05, 3.63) is 0 Å². The van der Waals surface area contributed by atoms with E-state index >= 15 is 0 Å². The Labute approximate surface area is 135 Å². The molecule has 0 bridgehead atoms. The molecule has 3 fully saturated rings. The predicted molar refractivity (Wildman–Crippen MR) is 85.5 cm³/mol. The van der Waals surface area contributed by atoms with Crippen molar-refractivity contribution in [2.45, 2.75) is 69.9 Å². The SMILES string of the molecule is O=C(NC1CCCCC1N1C(=O)CSC1=O)C1CCCCC1. The Hall–Kier alpha value is -1.04. The Kier molecular flexibility index (Phi) is 5.06. The number of nitrogens with zero attached hydrogens (tertiary/aromatic N) is 1. The van der Waals surface area contributed by atoms with E-state index in [0.717, 1.165) is 63.1 Å². The summed E-state index contributed by atoms with van der Waals surface area (Å²) in [5, 5.41) is 3.02. The molecule has 1 aliphatic heterocycles. The highest BCUT2D eigenvalue weighted by atomic mass is 32.2. The van der Waals surface area contributed by atoms with Crippen LogP contribution in [0.2, 0.25) is 0 Å². The number of amides is 3. The monoisotopic (exact) mass is 324 g/mol. The van der Waals surface area contributed by atoms with Crippen LogP contribution in [-0.4, -0.2) is 39.8 Å². The van der Waals surface area contributed by atoms with E-state index in [1.54, 1.807) is 0 Å². The zero-order valence-corrected chi connectivity index (χ0v) is 13.7. The maximum Gasteiger partial charge on any atom is 0.289 e. The van der Waals surface area contributed by atoms with E-state index < -0.39 is 0 Å². The van der Waals surface area contributed by atoms with Crippen molar-refractivity contribution >= 4 is 28.8 Å². The molecule has 5 nitrogen and oxygen atoms in total. The summed E-state index contributed by atoms with van der Waals surface area (Å²) in [4.78, 5) is 37.9. The Bertz CT molecular complexity index is 446. The Morgan fingerprint density at radius 2 is 1.68 bits per heavy atom. The van der Waals surface area contributed by atoms with Gasteiger partial charge in [0.2, 0.25) is 11.8 Å². The van der Waals surface area contributed by atoms with Gasteiger partial charge < -0.3 is 5.32 Å². The lowest BCUT2D eigenvalue weighted by Gasteiger charge is -2.37. The minimum Gasteiger partial charge on any atom is -0.351 e. The van der Waals surface area contributed by atoms with Gasteiger partial charge in [0, 0.05) is 12.0 Å². The molecule has 0 radical (unpaired) electrons. The van der Waals surface area contributed by atoms with Crippen LogP contribution in [0.4, 0.5) is 4.79 Å². The first-order valence-electron chi connectivity index (χ1n) is 8.46. The molecule has 2 aliphatic carbocycles. The van der Waals surface area contributed by atoms with Crippen LogP contribution in [0.1, 0.15) is 57.8 Å². The molecule has 1 saturated heterocycles. The number of imide groups is 1. The number of carbonyl (C=O) groups is 3. The number of carbonyl (C=O) groups excluding carboxylic acids is 3. The quantitative estimate of drug-likeness (QED) is 0.867. The summed E-state index contributed by atoms with van der Waals surface area (Å²) in [6.45, 7) is 0. The normalized spacial score (nSPS) is 30.6. The molecule has 6 heteroatoms. The average Bonchev–Trinajstić information content (AvgIpc) is 2.88. The third-order valence-electron chi connectivity index (χ3n) is 5.15. The lowest BCUT2D eigenvalue weighted by molar-refractivity contribution is -0.131. The molecule has 0 aromatic rings. The van der Waals surface area contributed by atoms with Crippen LogP contribution in [0.25, 0.3) is 0 Å². The lowest BCUT2D eigenvalue weighted by atomic mass is 9.86. The fourth-order valence-corrected chi connectivity index (χ4v) is 4.70. The highest BCUT2D eigenvalue weighted by Gasteiger charge is 2.41. The second kappa shape index (κ2) is 7.02. The molecule has 3 rings (SSSR count). The number of hydrogen-bond acceptors (Lipinski definition) is 4. The van der Waals surface area contributed by atoms with Crippen LogP contribution >= 0.6 is 11.8 Å². The smallest absolute Gasteiger partial charge is 0.289 e. The van der Waals surface area contributed by atoms with Gasteiger partial charge in [-0.25, -0.2) is 0 Å². The molecule has 3 aliphatic rings. The third-order valence-corrected chi connectivity index (χ3v) is 5.98. The molecule has 0 aromatic heterocycles. The van der Waals surface area contributed by atoms with Gasteiger partial charge in [0.05, 0.1) is 11.8 Å². The van der Waals surface area contributed by atoms with Crippen molar-refractivity contribution in [2.75, 3.05) is 5.75 Å². The van der Waals surface area contributed by atoms with Gasteiger partial charge in [-0.15, -0.1) is 0 Å². The van der Waals surface area contributed by atoms with Crippen molar-refractivity contribution in [1.29, 1.82) is 0 Å². The topological polar surface area (TPSA) is 66.5 Å². The summed E-state index contributed by atoms with van der Waals surface area (Å²) in [5.74, 6) is 0.399. The average molecular weight is 324 g/mol. The van der Waals surface area contributed by atoms with Crippen molar-refractivity contribution in [1.82, 2.24) is 10.2 Å². The molecular formula is C16H24N2O3S. The summed E-state index contributed by atoms with van der Waals surface area (Å²) in [6, 6.07) is -0.203. The summed E-state index contributed by atoms with van der Waals surface area (Å²) < 4.78 is 0. The lowest BCUT2D eigenvalue weighted by Crippen LogP contribution is -2.55. The van der Waals surface area contributed by atoms with Gasteiger partial charge in [-0.2, -0.15) is 0 Å². The van der Waals surface area contributed by atoms with Crippen molar-refractivity contribution in [3.8, 4) is 0 Å². The molecule has 122 valence electrons. The number of rotatable bonds is 3. The molecule has 2 saturated carbocycles. The van der Waals surface area contributed by atoms with E-state index in [-0.39, 0.29) is 40.8 Å². The summed E-state index contributed by atoms with van der Waals surface area (Å²) >= 11 is 1.08. The van der Waals surface area contributed by atoms with Gasteiger partial charge in [-0.3, -0.25) is 19.3 Å². The van der Waals surface area contributed by atoms with Crippen LogP contribution in [0.3, 0.4) is 0 Å². The fourth-order valence-electron chi connectivity index (χ4n) is 3.94. The van der Waals surface area contributed by atoms with Gasteiger partial charge in [0.25, 0.3) is 5.24 Å². The van der Waals surface area contributed by atoms with Crippen molar-refractivity contribution in [2.24, 2.45) is 5.92 Å². The van der Waals surface area contributed by atoms with E-state index in [2.05, 4.69) is 5.32 Å². The van der Waals surface area contributed by atoms with Gasteiger partial charge in [0.1, 0.15) is 0 Å². The fraction of sp³-hybridized carbons (Fsp3) is 0.812. The predicted octanol–water partition coefficient (Wildman–Crippen LogP) is 2.69. The van der Waals surface area contributed by atoms with Gasteiger partial charge in [-0.05, 0) is 25.7 Å². The second-order valence-corrected chi connectivity index (χ2v) is 7.55. The van der Waals surface area contributed by atoms with E-state index in [4.69, 9.17) is 0 Å². The Balaban J connectivity index is 1.65. The van der Waals surface area contributed by atoms with Crippen molar-refractivity contribution < 1.29 is 14.4 Å². The molecule has 1 heterocycles. The highest BCUT2D eigenvalue weighted by Crippen LogP contribution is 2.31. The Morgan fingerprint density at radius 1 is 1.00 bits per heavy atom. The van der Waals surface area contributed by atoms with Gasteiger partial charge in [-0.1, -0.05) is 43.9 Å². The van der Waals surface area contributed by atoms with Gasteiger partial charge in [0.15, 0.2) is 0 Å². The summed E-state index contributed by atoms with van der Waals surface area (Å²) in [5.41, 5.74) is 0. The largest absolute Gasteiger partial charge is 0.351 e. The first kappa shape index (κ1) is 15.8. The number of hydrogen-bond donors (Lipinski definition) is 1. The molecule has 22 heavy (non-hydrogen) atoms. The minimum absolute atomic E-state index is 0.0604. The van der Waals surface area contributed by atoms with Crippen LogP contribution in [0, 0.1) is 5.92 Å². The summed E-state index contributed by atoms with van der Waals surface area (Å²) in [7, 11) is 0. The van der Waals surface area contributed by atoms with E-state index in [1.165, 1.54) is 11.3 Å². The van der Waals surface area contributed by atoms with Crippen LogP contribution in [-0.2, 0) is 9.59 Å². The second-order valence-electron chi connectivity index (χ2n) is 6.62. The zero-order chi connectivity index (χ0) is 15.5. The third kappa shape index (κ3) is 3.31. The highest BCUT2D eigenvalue weighted by molar-refractivity contribution is 8.14. The summed E-state index contributed by atoms with van der Waals surface area (Å²) in [6.07, 6.45) is 9.18. The van der Waals surface area contributed by atoms with E-state index in [0.29, 0.717) is 0 Å². The van der Waals surface area contributed by atoms with Crippen LogP contribution < -0.4 is 5.32 Å². The maximum atomic E-state index is 12.5. The molecular weight excluding hydrogens is 300 g/mol. The first-order valence-corrected chi connectivity index (χ1v) is 9.44. The number of thioether (sulfide) groups is 1. The molecule has 1 N–H and O–H groups in total. The minimum atomic E-state index is -0.145. The Morgan fingerprint density at radius 3 is 2.36 bits per heavy atom. The molecule has 0 aromatic carbocycles. The standard InChI is InChI=1S/C16H24N2O3S/c19-14-10-22-16(21)18(14)13-9-5-4-8-12(13)17-15(20)11-6-2-1-3-7-11/h11-13H,1-10H2,(H,17,20). The van der Waals surface area contributed by atoms with Gasteiger partial charge >= 0.3 is 0 Å². The van der Waals surface area contributed by atoms with Crippen LogP contribution in [0.15, 0.2) is 0 Å². The first-order chi connectivity index (χ1) is 10.7.